The van der Waals surface area contributed by atoms with Crippen molar-refractivity contribution in [3.05, 3.63) is 11.4 Å². The number of nitrogens with zero attached hydrogens (tertiary/aromatic N) is 2. The summed E-state index contributed by atoms with van der Waals surface area (Å²) >= 11 is 0. The van der Waals surface area contributed by atoms with Crippen LogP contribution < -0.4 is 0 Å². The highest BCUT2D eigenvalue weighted by molar-refractivity contribution is 5.67. The van der Waals surface area contributed by atoms with E-state index in [1.807, 2.05) is 20.8 Å². The van der Waals surface area contributed by atoms with Crippen LogP contribution in [0.1, 0.15) is 50.4 Å². The Labute approximate surface area is 82.5 Å². The van der Waals surface area contributed by atoms with E-state index in [0.717, 1.165) is 11.4 Å². The van der Waals surface area contributed by atoms with Crippen molar-refractivity contribution in [2.75, 3.05) is 0 Å². The van der Waals surface area contributed by atoms with E-state index in [0.29, 0.717) is 0 Å². The number of carboxylic acids is 1. The summed E-state index contributed by atoms with van der Waals surface area (Å²) in [6.45, 7) is 5.86. The average Bonchev–Trinajstić information content (AvgIpc) is 2.49. The molecule has 0 aliphatic carbocycles. The second kappa shape index (κ2) is 4.21. The zero-order valence-corrected chi connectivity index (χ0v) is 8.61. The van der Waals surface area contributed by atoms with Gasteiger partial charge in [0.05, 0.1) is 17.8 Å². The monoisotopic (exact) mass is 197 g/mol. The van der Waals surface area contributed by atoms with E-state index in [2.05, 4.69) is 15.4 Å². The van der Waals surface area contributed by atoms with Crippen LogP contribution in [-0.4, -0.2) is 26.5 Å². The minimum absolute atomic E-state index is 0.0895. The Bertz CT molecular complexity index is 320. The zero-order chi connectivity index (χ0) is 10.7. The molecule has 0 radical (unpaired) electrons. The number of nitrogens with one attached hydrogen (secondary N) is 1. The zero-order valence-electron chi connectivity index (χ0n) is 8.61. The fourth-order valence-corrected chi connectivity index (χ4v) is 1.39. The summed E-state index contributed by atoms with van der Waals surface area (Å²) in [7, 11) is 0. The molecule has 14 heavy (non-hydrogen) atoms. The van der Waals surface area contributed by atoms with Gasteiger partial charge in [0.2, 0.25) is 0 Å². The first kappa shape index (κ1) is 10.7. The van der Waals surface area contributed by atoms with Gasteiger partial charge < -0.3 is 5.11 Å². The van der Waals surface area contributed by atoms with Gasteiger partial charge in [0.25, 0.3) is 0 Å². The highest BCUT2D eigenvalue weighted by Gasteiger charge is 2.19. The van der Waals surface area contributed by atoms with Gasteiger partial charge in [-0.25, -0.2) is 0 Å². The largest absolute Gasteiger partial charge is 0.481 e. The number of H-pyrrole nitrogens is 1. The minimum atomic E-state index is -0.810. The van der Waals surface area contributed by atoms with E-state index >= 15 is 0 Å². The number of carboxylic acid groups (broad SMARTS) is 1. The fraction of sp³-hybridized carbons (Fsp3) is 0.667. The lowest BCUT2D eigenvalue weighted by molar-refractivity contribution is -0.137. The van der Waals surface area contributed by atoms with E-state index in [1.54, 1.807) is 0 Å². The number of aromatic nitrogens is 3. The Balaban J connectivity index is 2.83. The predicted octanol–water partition coefficient (Wildman–Crippen LogP) is 1.51. The Hall–Kier alpha value is -1.39. The lowest BCUT2D eigenvalue weighted by Gasteiger charge is -2.08. The van der Waals surface area contributed by atoms with Gasteiger partial charge in [-0.15, -0.1) is 0 Å². The van der Waals surface area contributed by atoms with Crippen molar-refractivity contribution in [3.8, 4) is 0 Å². The molecule has 0 aliphatic rings. The molecule has 0 aliphatic heterocycles. The molecule has 5 heteroatoms. The van der Waals surface area contributed by atoms with Crippen LogP contribution in [0.4, 0.5) is 0 Å². The van der Waals surface area contributed by atoms with Gasteiger partial charge in [0.15, 0.2) is 0 Å². The fourth-order valence-electron chi connectivity index (χ4n) is 1.39. The van der Waals surface area contributed by atoms with Crippen molar-refractivity contribution in [2.45, 2.75) is 39.0 Å². The topological polar surface area (TPSA) is 78.9 Å². The van der Waals surface area contributed by atoms with Crippen LogP contribution in [0, 0.1) is 0 Å². The molecule has 1 atom stereocenters. The van der Waals surface area contributed by atoms with Crippen LogP contribution in [0.5, 0.6) is 0 Å². The molecule has 0 saturated carbocycles. The van der Waals surface area contributed by atoms with Crippen molar-refractivity contribution in [3.63, 3.8) is 0 Å². The van der Waals surface area contributed by atoms with Crippen molar-refractivity contribution >= 4 is 5.97 Å². The second-order valence-electron chi connectivity index (χ2n) is 3.75. The molecule has 1 unspecified atom stereocenters. The first-order valence-electron chi connectivity index (χ1n) is 4.64. The molecule has 0 aromatic carbocycles. The molecule has 5 nitrogen and oxygen atoms in total. The standard InChI is InChI=1S/C9H15N3O2/c1-5(2)8-9(11-12-10-8)6(3)4-7(13)14/h5-6H,4H2,1-3H3,(H,13,14)(H,10,11,12). The summed E-state index contributed by atoms with van der Waals surface area (Å²) in [4.78, 5) is 10.5. The summed E-state index contributed by atoms with van der Waals surface area (Å²) < 4.78 is 0. The van der Waals surface area contributed by atoms with Crippen molar-refractivity contribution in [2.24, 2.45) is 0 Å². The second-order valence-corrected chi connectivity index (χ2v) is 3.75. The molecular weight excluding hydrogens is 182 g/mol. The average molecular weight is 197 g/mol. The van der Waals surface area contributed by atoms with Gasteiger partial charge in [-0.1, -0.05) is 20.8 Å². The maximum Gasteiger partial charge on any atom is 0.304 e. The van der Waals surface area contributed by atoms with Gasteiger partial charge in [-0.05, 0) is 5.92 Å². The first-order chi connectivity index (χ1) is 6.52. The molecule has 2 N–H and O–H groups in total. The van der Waals surface area contributed by atoms with Gasteiger partial charge in [0, 0.05) is 5.92 Å². The van der Waals surface area contributed by atoms with E-state index < -0.39 is 5.97 Å². The third-order valence-electron chi connectivity index (χ3n) is 2.10. The third kappa shape index (κ3) is 2.31. The number of aromatic amines is 1. The molecule has 1 aromatic heterocycles. The first-order valence-corrected chi connectivity index (χ1v) is 4.64. The van der Waals surface area contributed by atoms with Crippen LogP contribution in [0.15, 0.2) is 0 Å². The number of hydrogen-bond acceptors (Lipinski definition) is 3. The lowest BCUT2D eigenvalue weighted by atomic mass is 9.98. The summed E-state index contributed by atoms with van der Waals surface area (Å²) in [5, 5.41) is 19.2. The molecule has 1 rings (SSSR count). The summed E-state index contributed by atoms with van der Waals surface area (Å²) in [6, 6.07) is 0. The molecular formula is C9H15N3O2. The van der Waals surface area contributed by atoms with Gasteiger partial charge in [-0.2, -0.15) is 15.4 Å². The highest BCUT2D eigenvalue weighted by atomic mass is 16.4. The Morgan fingerprint density at radius 2 is 1.93 bits per heavy atom. The smallest absolute Gasteiger partial charge is 0.304 e. The number of aliphatic carboxylic acids is 1. The number of hydrogen-bond donors (Lipinski definition) is 2. The molecule has 0 spiro atoms. The van der Waals surface area contributed by atoms with E-state index in [9.17, 15) is 4.79 Å². The van der Waals surface area contributed by atoms with Gasteiger partial charge in [-0.3, -0.25) is 4.79 Å². The SMILES string of the molecule is CC(C)c1n[nH]nc1C(C)CC(=O)O. The quantitative estimate of drug-likeness (QED) is 0.766. The van der Waals surface area contributed by atoms with Crippen LogP contribution >= 0.6 is 0 Å². The van der Waals surface area contributed by atoms with Crippen LogP contribution in [0.25, 0.3) is 0 Å². The molecule has 0 bridgehead atoms. The van der Waals surface area contributed by atoms with Crippen molar-refractivity contribution in [1.29, 1.82) is 0 Å². The Kier molecular flexibility index (Phi) is 3.22. The number of carbonyl (C=O) groups is 1. The van der Waals surface area contributed by atoms with Crippen LogP contribution in [-0.2, 0) is 4.79 Å². The highest BCUT2D eigenvalue weighted by Crippen LogP contribution is 2.23. The summed E-state index contributed by atoms with van der Waals surface area (Å²) in [5.74, 6) is -0.640. The molecule has 78 valence electrons. The van der Waals surface area contributed by atoms with Gasteiger partial charge in [0.1, 0.15) is 0 Å². The normalized spacial score (nSPS) is 13.1. The predicted molar refractivity (Wildman–Crippen MR) is 51.1 cm³/mol. The van der Waals surface area contributed by atoms with Crippen LogP contribution in [0.2, 0.25) is 0 Å². The Morgan fingerprint density at radius 3 is 2.43 bits per heavy atom. The lowest BCUT2D eigenvalue weighted by Crippen LogP contribution is -2.06. The van der Waals surface area contributed by atoms with Crippen molar-refractivity contribution < 1.29 is 9.90 Å². The summed E-state index contributed by atoms with van der Waals surface area (Å²) in [5.41, 5.74) is 1.63. The maximum atomic E-state index is 10.5. The Morgan fingerprint density at radius 1 is 1.36 bits per heavy atom. The molecule has 0 saturated heterocycles. The molecule has 1 aromatic rings. The van der Waals surface area contributed by atoms with E-state index in [1.165, 1.54) is 0 Å². The third-order valence-corrected chi connectivity index (χ3v) is 2.10. The molecule has 0 amide bonds. The van der Waals surface area contributed by atoms with Gasteiger partial charge >= 0.3 is 5.97 Å². The summed E-state index contributed by atoms with van der Waals surface area (Å²) in [6.07, 6.45) is 0.0895. The van der Waals surface area contributed by atoms with E-state index in [4.69, 9.17) is 5.11 Å². The van der Waals surface area contributed by atoms with Crippen molar-refractivity contribution in [1.82, 2.24) is 15.4 Å². The molecule has 1 heterocycles. The number of rotatable bonds is 4. The maximum absolute atomic E-state index is 10.5. The van der Waals surface area contributed by atoms with Crippen LogP contribution in [0.3, 0.4) is 0 Å². The minimum Gasteiger partial charge on any atom is -0.481 e. The molecule has 0 fully saturated rings. The van der Waals surface area contributed by atoms with E-state index in [-0.39, 0.29) is 18.3 Å².